The molecule has 0 aliphatic heterocycles. The second-order valence-electron chi connectivity index (χ2n) is 3.43. The second kappa shape index (κ2) is 5.25. The van der Waals surface area contributed by atoms with E-state index in [1.807, 2.05) is 0 Å². The number of nitro groups is 1. The van der Waals surface area contributed by atoms with Crippen LogP contribution >= 0.6 is 23.2 Å². The third-order valence-corrected chi connectivity index (χ3v) is 2.93. The van der Waals surface area contributed by atoms with E-state index in [0.29, 0.717) is 21.6 Å². The van der Waals surface area contributed by atoms with Crippen LogP contribution in [0.15, 0.2) is 40.9 Å². The van der Waals surface area contributed by atoms with Crippen molar-refractivity contribution in [2.75, 3.05) is 0 Å². The van der Waals surface area contributed by atoms with Gasteiger partial charge in [0.15, 0.2) is 0 Å². The van der Waals surface area contributed by atoms with E-state index in [-0.39, 0.29) is 0 Å². The molecule has 0 fully saturated rings. The maximum atomic E-state index is 10.2. The molecular weight excluding hydrogens is 277 g/mol. The largest absolute Gasteiger partial charge is 0.457 e. The van der Waals surface area contributed by atoms with Crippen LogP contribution in [-0.2, 0) is 0 Å². The molecular formula is C12H7Cl2NO3. The molecule has 1 aromatic carbocycles. The zero-order valence-electron chi connectivity index (χ0n) is 8.97. The molecule has 6 heteroatoms. The molecule has 1 aromatic heterocycles. The quantitative estimate of drug-likeness (QED) is 0.615. The fraction of sp³-hybridized carbons (Fsp3) is 0. The lowest BCUT2D eigenvalue weighted by atomic mass is 10.2. The van der Waals surface area contributed by atoms with Crippen LogP contribution in [0.2, 0.25) is 10.0 Å². The highest BCUT2D eigenvalue weighted by atomic mass is 35.5. The Morgan fingerprint density at radius 3 is 2.61 bits per heavy atom. The van der Waals surface area contributed by atoms with E-state index in [0.717, 1.165) is 11.8 Å². The van der Waals surface area contributed by atoms with Gasteiger partial charge in [-0.05, 0) is 30.3 Å². The number of rotatable bonds is 3. The van der Waals surface area contributed by atoms with Crippen molar-refractivity contribution < 1.29 is 9.34 Å². The lowest BCUT2D eigenvalue weighted by Gasteiger charge is -1.99. The Bertz CT molecular complexity index is 620. The van der Waals surface area contributed by atoms with Crippen molar-refractivity contribution in [1.29, 1.82) is 0 Å². The number of nitrogens with zero attached hydrogens (tertiary/aromatic N) is 1. The zero-order valence-corrected chi connectivity index (χ0v) is 10.5. The van der Waals surface area contributed by atoms with Gasteiger partial charge < -0.3 is 4.42 Å². The molecule has 1 heterocycles. The van der Waals surface area contributed by atoms with Crippen molar-refractivity contribution in [3.05, 3.63) is 62.5 Å². The van der Waals surface area contributed by atoms with E-state index >= 15 is 0 Å². The maximum Gasteiger partial charge on any atom is 0.238 e. The normalized spacial score (nSPS) is 11.0. The highest BCUT2D eigenvalue weighted by Crippen LogP contribution is 2.29. The molecule has 0 unspecified atom stereocenters. The van der Waals surface area contributed by atoms with E-state index in [1.54, 1.807) is 30.3 Å². The molecule has 0 amide bonds. The first kappa shape index (κ1) is 12.7. The molecule has 18 heavy (non-hydrogen) atoms. The Morgan fingerprint density at radius 1 is 1.17 bits per heavy atom. The molecule has 0 radical (unpaired) electrons. The number of benzene rings is 1. The second-order valence-corrected chi connectivity index (χ2v) is 4.25. The minimum atomic E-state index is -0.554. The van der Waals surface area contributed by atoms with Gasteiger partial charge in [-0.2, -0.15) is 0 Å². The van der Waals surface area contributed by atoms with Crippen molar-refractivity contribution >= 4 is 29.3 Å². The van der Waals surface area contributed by atoms with E-state index in [9.17, 15) is 10.1 Å². The highest BCUT2D eigenvalue weighted by Gasteiger charge is 2.06. The van der Waals surface area contributed by atoms with Gasteiger partial charge in [-0.1, -0.05) is 23.2 Å². The fourth-order valence-electron chi connectivity index (χ4n) is 1.38. The summed E-state index contributed by atoms with van der Waals surface area (Å²) in [6, 6.07) is 8.43. The predicted octanol–water partition coefficient (Wildman–Crippen LogP) is 4.50. The monoisotopic (exact) mass is 283 g/mol. The minimum Gasteiger partial charge on any atom is -0.457 e. The molecule has 0 saturated heterocycles. The summed E-state index contributed by atoms with van der Waals surface area (Å²) in [4.78, 5) is 9.62. The number of furan rings is 1. The van der Waals surface area contributed by atoms with Crippen LogP contribution in [-0.4, -0.2) is 4.92 Å². The number of halogens is 2. The third kappa shape index (κ3) is 2.91. The molecule has 0 saturated carbocycles. The lowest BCUT2D eigenvalue weighted by Crippen LogP contribution is -1.81. The molecule has 0 aliphatic rings. The first-order valence-electron chi connectivity index (χ1n) is 4.93. The van der Waals surface area contributed by atoms with Crippen LogP contribution in [0.3, 0.4) is 0 Å². The minimum absolute atomic E-state index is 0.396. The van der Waals surface area contributed by atoms with Gasteiger partial charge in [0.25, 0.3) is 0 Å². The smallest absolute Gasteiger partial charge is 0.238 e. The van der Waals surface area contributed by atoms with Gasteiger partial charge in [0, 0.05) is 5.56 Å². The van der Waals surface area contributed by atoms with Crippen molar-refractivity contribution in [2.45, 2.75) is 0 Å². The van der Waals surface area contributed by atoms with Crippen LogP contribution < -0.4 is 0 Å². The molecule has 0 bridgehead atoms. The molecule has 0 aliphatic carbocycles. The summed E-state index contributed by atoms with van der Waals surface area (Å²) >= 11 is 11.7. The zero-order chi connectivity index (χ0) is 13.1. The Labute approximate surface area is 113 Å². The summed E-state index contributed by atoms with van der Waals surface area (Å²) in [7, 11) is 0. The lowest BCUT2D eigenvalue weighted by molar-refractivity contribution is -0.401. The predicted molar refractivity (Wildman–Crippen MR) is 70.2 cm³/mol. The topological polar surface area (TPSA) is 56.3 Å². The van der Waals surface area contributed by atoms with E-state index < -0.39 is 4.92 Å². The SMILES string of the molecule is O=[N+]([O-])/C=C\c1ccc(-c2ccc(Cl)c(Cl)c2)o1. The summed E-state index contributed by atoms with van der Waals surface area (Å²) in [5.41, 5.74) is 0.755. The van der Waals surface area contributed by atoms with Crippen molar-refractivity contribution in [3.63, 3.8) is 0 Å². The number of hydrogen-bond donors (Lipinski definition) is 0. The Morgan fingerprint density at radius 2 is 1.94 bits per heavy atom. The fourth-order valence-corrected chi connectivity index (χ4v) is 1.68. The highest BCUT2D eigenvalue weighted by molar-refractivity contribution is 6.42. The van der Waals surface area contributed by atoms with Crippen LogP contribution in [0.5, 0.6) is 0 Å². The van der Waals surface area contributed by atoms with Crippen molar-refractivity contribution in [3.8, 4) is 11.3 Å². The van der Waals surface area contributed by atoms with E-state index in [4.69, 9.17) is 27.6 Å². The molecule has 2 rings (SSSR count). The van der Waals surface area contributed by atoms with E-state index in [1.165, 1.54) is 6.08 Å². The van der Waals surface area contributed by atoms with Crippen molar-refractivity contribution in [2.24, 2.45) is 0 Å². The third-order valence-electron chi connectivity index (χ3n) is 2.19. The van der Waals surface area contributed by atoms with Gasteiger partial charge in [0.1, 0.15) is 11.5 Å². The summed E-state index contributed by atoms with van der Waals surface area (Å²) in [6.45, 7) is 0. The Kier molecular flexibility index (Phi) is 3.69. The van der Waals surface area contributed by atoms with Crippen LogP contribution in [0.4, 0.5) is 0 Å². The average Bonchev–Trinajstić information content (AvgIpc) is 2.79. The maximum absolute atomic E-state index is 10.2. The van der Waals surface area contributed by atoms with Gasteiger partial charge in [0.05, 0.1) is 21.0 Å². The van der Waals surface area contributed by atoms with E-state index in [2.05, 4.69) is 0 Å². The molecule has 0 spiro atoms. The average molecular weight is 284 g/mol. The molecule has 92 valence electrons. The first-order chi connectivity index (χ1) is 8.56. The summed E-state index contributed by atoms with van der Waals surface area (Å²) in [5, 5.41) is 11.1. The van der Waals surface area contributed by atoms with Gasteiger partial charge in [-0.25, -0.2) is 0 Å². The van der Waals surface area contributed by atoms with Gasteiger partial charge in [-0.15, -0.1) is 0 Å². The van der Waals surface area contributed by atoms with Crippen LogP contribution in [0.1, 0.15) is 5.76 Å². The summed E-state index contributed by atoms with van der Waals surface area (Å²) < 4.78 is 5.42. The summed E-state index contributed by atoms with van der Waals surface area (Å²) in [6.07, 6.45) is 2.10. The molecule has 4 nitrogen and oxygen atoms in total. The van der Waals surface area contributed by atoms with Crippen molar-refractivity contribution in [1.82, 2.24) is 0 Å². The van der Waals surface area contributed by atoms with Gasteiger partial charge in [0.2, 0.25) is 6.20 Å². The summed E-state index contributed by atoms with van der Waals surface area (Å²) in [5.74, 6) is 0.962. The van der Waals surface area contributed by atoms with Gasteiger partial charge in [-0.3, -0.25) is 10.1 Å². The Hall–Kier alpha value is -1.78. The number of hydrogen-bond acceptors (Lipinski definition) is 3. The van der Waals surface area contributed by atoms with Crippen LogP contribution in [0.25, 0.3) is 17.4 Å². The van der Waals surface area contributed by atoms with Crippen LogP contribution in [0, 0.1) is 10.1 Å². The molecule has 0 atom stereocenters. The Balaban J connectivity index is 2.29. The standard InChI is InChI=1S/C12H7Cl2NO3/c13-10-3-1-8(7-11(10)14)12-4-2-9(18-12)5-6-15(16)17/h1-7H/b6-5-. The first-order valence-corrected chi connectivity index (χ1v) is 5.69. The molecule has 0 N–H and O–H groups in total. The molecule has 2 aromatic rings. The van der Waals surface area contributed by atoms with Gasteiger partial charge >= 0.3 is 0 Å².